The zero-order valence-corrected chi connectivity index (χ0v) is 11.6. The molecule has 2 rings (SSSR count). The Bertz CT molecular complexity index is 505. The molecular formula is C12H14BrClN2. The number of aromatic nitrogens is 1. The molecule has 0 atom stereocenters. The van der Waals surface area contributed by atoms with Crippen molar-refractivity contribution in [2.45, 2.75) is 26.4 Å². The molecule has 2 N–H and O–H groups in total. The van der Waals surface area contributed by atoms with E-state index in [1.54, 1.807) is 0 Å². The average Bonchev–Trinajstić information content (AvgIpc) is 2.55. The van der Waals surface area contributed by atoms with Crippen LogP contribution in [0.2, 0.25) is 5.02 Å². The lowest BCUT2D eigenvalue weighted by molar-refractivity contribution is 0.582. The maximum absolute atomic E-state index is 6.13. The minimum atomic E-state index is 0.466. The number of rotatable bonds is 3. The monoisotopic (exact) mass is 300 g/mol. The van der Waals surface area contributed by atoms with E-state index in [-0.39, 0.29) is 0 Å². The van der Waals surface area contributed by atoms with Crippen molar-refractivity contribution in [2.24, 2.45) is 0 Å². The third kappa shape index (κ3) is 2.26. The van der Waals surface area contributed by atoms with Crippen LogP contribution in [0.15, 0.2) is 22.7 Å². The molecule has 1 aromatic carbocycles. The largest absolute Gasteiger partial charge is 0.355 e. The SMILES string of the molecule is CC(C)NCc1[nH]c2c(Cl)cccc2c1Br. The molecule has 16 heavy (non-hydrogen) atoms. The van der Waals surface area contributed by atoms with Crippen molar-refractivity contribution >= 4 is 38.4 Å². The fourth-order valence-corrected chi connectivity index (χ4v) is 2.42. The summed E-state index contributed by atoms with van der Waals surface area (Å²) in [4.78, 5) is 3.35. The van der Waals surface area contributed by atoms with E-state index in [1.165, 1.54) is 0 Å². The molecular weight excluding hydrogens is 288 g/mol. The fraction of sp³-hybridized carbons (Fsp3) is 0.333. The van der Waals surface area contributed by atoms with Crippen molar-refractivity contribution in [3.8, 4) is 0 Å². The maximum atomic E-state index is 6.13. The second-order valence-electron chi connectivity index (χ2n) is 4.12. The molecule has 1 heterocycles. The van der Waals surface area contributed by atoms with E-state index in [1.807, 2.05) is 12.1 Å². The van der Waals surface area contributed by atoms with Crippen LogP contribution in [0.25, 0.3) is 10.9 Å². The van der Waals surface area contributed by atoms with Crippen molar-refractivity contribution in [1.82, 2.24) is 10.3 Å². The molecule has 0 radical (unpaired) electrons. The molecule has 2 aromatic rings. The summed E-state index contributed by atoms with van der Waals surface area (Å²) in [5, 5.41) is 5.27. The number of nitrogens with one attached hydrogen (secondary N) is 2. The Morgan fingerprint density at radius 3 is 2.81 bits per heavy atom. The lowest BCUT2D eigenvalue weighted by Crippen LogP contribution is -2.22. The second-order valence-corrected chi connectivity index (χ2v) is 5.32. The Labute approximate surface area is 109 Å². The quantitative estimate of drug-likeness (QED) is 0.878. The Hall–Kier alpha value is -0.510. The first kappa shape index (κ1) is 12.0. The van der Waals surface area contributed by atoms with Gasteiger partial charge in [0.25, 0.3) is 0 Å². The molecule has 0 saturated heterocycles. The molecule has 0 amide bonds. The molecule has 0 bridgehead atoms. The van der Waals surface area contributed by atoms with Gasteiger partial charge in [-0.05, 0) is 22.0 Å². The van der Waals surface area contributed by atoms with Gasteiger partial charge in [-0.25, -0.2) is 0 Å². The van der Waals surface area contributed by atoms with Crippen molar-refractivity contribution in [3.63, 3.8) is 0 Å². The van der Waals surface area contributed by atoms with Gasteiger partial charge in [-0.2, -0.15) is 0 Å². The summed E-state index contributed by atoms with van der Waals surface area (Å²) in [6.45, 7) is 5.07. The van der Waals surface area contributed by atoms with Crippen LogP contribution in [0.5, 0.6) is 0 Å². The Morgan fingerprint density at radius 2 is 2.19 bits per heavy atom. The Kier molecular flexibility index (Phi) is 3.57. The zero-order valence-electron chi connectivity index (χ0n) is 9.27. The van der Waals surface area contributed by atoms with Crippen LogP contribution in [0.1, 0.15) is 19.5 Å². The number of hydrogen-bond acceptors (Lipinski definition) is 1. The Balaban J connectivity index is 2.40. The highest BCUT2D eigenvalue weighted by Gasteiger charge is 2.10. The number of aromatic amines is 1. The molecule has 0 saturated carbocycles. The number of benzene rings is 1. The van der Waals surface area contributed by atoms with Gasteiger partial charge in [-0.15, -0.1) is 0 Å². The predicted molar refractivity (Wildman–Crippen MR) is 73.0 cm³/mol. The molecule has 0 spiro atoms. The molecule has 0 unspecified atom stereocenters. The number of para-hydroxylation sites is 1. The van der Waals surface area contributed by atoms with Gasteiger partial charge in [-0.3, -0.25) is 0 Å². The van der Waals surface area contributed by atoms with Crippen LogP contribution < -0.4 is 5.32 Å². The molecule has 2 nitrogen and oxygen atoms in total. The maximum Gasteiger partial charge on any atom is 0.0657 e. The topological polar surface area (TPSA) is 27.8 Å². The highest BCUT2D eigenvalue weighted by atomic mass is 79.9. The lowest BCUT2D eigenvalue weighted by atomic mass is 10.2. The van der Waals surface area contributed by atoms with Crippen molar-refractivity contribution in [1.29, 1.82) is 0 Å². The summed E-state index contributed by atoms with van der Waals surface area (Å²) < 4.78 is 1.10. The number of fused-ring (bicyclic) bond motifs is 1. The predicted octanol–water partition coefficient (Wildman–Crippen LogP) is 4.08. The van der Waals surface area contributed by atoms with E-state index in [0.29, 0.717) is 6.04 Å². The molecule has 0 aliphatic carbocycles. The summed E-state index contributed by atoms with van der Waals surface area (Å²) in [6, 6.07) is 6.38. The summed E-state index contributed by atoms with van der Waals surface area (Å²) in [5.74, 6) is 0. The highest BCUT2D eigenvalue weighted by molar-refractivity contribution is 9.10. The van der Waals surface area contributed by atoms with Crippen LogP contribution in [-0.4, -0.2) is 11.0 Å². The summed E-state index contributed by atoms with van der Waals surface area (Å²) in [7, 11) is 0. The number of H-pyrrole nitrogens is 1. The van der Waals surface area contributed by atoms with Crippen LogP contribution in [0.3, 0.4) is 0 Å². The van der Waals surface area contributed by atoms with Gasteiger partial charge in [0.05, 0.1) is 10.5 Å². The first-order chi connectivity index (χ1) is 7.59. The van der Waals surface area contributed by atoms with Crippen molar-refractivity contribution in [3.05, 3.63) is 33.4 Å². The molecule has 86 valence electrons. The molecule has 0 aliphatic heterocycles. The molecule has 4 heteroatoms. The number of hydrogen-bond donors (Lipinski definition) is 2. The van der Waals surface area contributed by atoms with Gasteiger partial charge < -0.3 is 10.3 Å². The van der Waals surface area contributed by atoms with Gasteiger partial charge in [0, 0.05) is 28.1 Å². The van der Waals surface area contributed by atoms with Gasteiger partial charge in [0.1, 0.15) is 0 Å². The average molecular weight is 302 g/mol. The van der Waals surface area contributed by atoms with Crippen LogP contribution in [0.4, 0.5) is 0 Å². The second kappa shape index (κ2) is 4.78. The fourth-order valence-electron chi connectivity index (χ4n) is 1.63. The standard InChI is InChI=1S/C12H14BrClN2/c1-7(2)15-6-10-11(13)8-4-3-5-9(14)12(8)16-10/h3-5,7,15-16H,6H2,1-2H3. The van der Waals surface area contributed by atoms with Gasteiger partial charge in [0.15, 0.2) is 0 Å². The van der Waals surface area contributed by atoms with E-state index >= 15 is 0 Å². The van der Waals surface area contributed by atoms with Gasteiger partial charge >= 0.3 is 0 Å². The van der Waals surface area contributed by atoms with E-state index in [2.05, 4.69) is 46.1 Å². The highest BCUT2D eigenvalue weighted by Crippen LogP contribution is 2.31. The summed E-state index contributed by atoms with van der Waals surface area (Å²) >= 11 is 9.74. The number of halogens is 2. The van der Waals surface area contributed by atoms with Gasteiger partial charge in [-0.1, -0.05) is 37.6 Å². The van der Waals surface area contributed by atoms with Crippen molar-refractivity contribution < 1.29 is 0 Å². The van der Waals surface area contributed by atoms with Crippen molar-refractivity contribution in [2.75, 3.05) is 0 Å². The summed E-state index contributed by atoms with van der Waals surface area (Å²) in [6.07, 6.45) is 0. The van der Waals surface area contributed by atoms with E-state index in [9.17, 15) is 0 Å². The van der Waals surface area contributed by atoms with E-state index < -0.39 is 0 Å². The van der Waals surface area contributed by atoms with Crippen LogP contribution in [-0.2, 0) is 6.54 Å². The third-order valence-electron chi connectivity index (χ3n) is 2.48. The summed E-state index contributed by atoms with van der Waals surface area (Å²) in [5.41, 5.74) is 2.13. The lowest BCUT2D eigenvalue weighted by Gasteiger charge is -2.06. The first-order valence-corrected chi connectivity index (χ1v) is 6.44. The zero-order chi connectivity index (χ0) is 11.7. The van der Waals surface area contributed by atoms with Crippen LogP contribution in [0, 0.1) is 0 Å². The smallest absolute Gasteiger partial charge is 0.0657 e. The normalized spacial score (nSPS) is 11.6. The van der Waals surface area contributed by atoms with Gasteiger partial charge in [0.2, 0.25) is 0 Å². The third-order valence-corrected chi connectivity index (χ3v) is 3.70. The molecule has 1 aromatic heterocycles. The first-order valence-electron chi connectivity index (χ1n) is 5.27. The molecule has 0 fully saturated rings. The minimum absolute atomic E-state index is 0.466. The van der Waals surface area contributed by atoms with E-state index in [4.69, 9.17) is 11.6 Å². The minimum Gasteiger partial charge on any atom is -0.355 e. The Morgan fingerprint density at radius 1 is 1.44 bits per heavy atom. The molecule has 0 aliphatic rings. The van der Waals surface area contributed by atoms with Crippen LogP contribution >= 0.6 is 27.5 Å². The van der Waals surface area contributed by atoms with E-state index in [0.717, 1.165) is 32.6 Å².